The van der Waals surface area contributed by atoms with E-state index in [0.29, 0.717) is 0 Å². The van der Waals surface area contributed by atoms with E-state index in [1.807, 2.05) is 6.07 Å². The van der Waals surface area contributed by atoms with Crippen LogP contribution in [0.2, 0.25) is 0 Å². The molecule has 0 fully saturated rings. The summed E-state index contributed by atoms with van der Waals surface area (Å²) in [5, 5.41) is 0. The average Bonchev–Trinajstić information content (AvgIpc) is 2.29. The molecule has 0 aliphatic carbocycles. The third-order valence-corrected chi connectivity index (χ3v) is 2.72. The summed E-state index contributed by atoms with van der Waals surface area (Å²) < 4.78 is 18.3. The first-order valence-electron chi connectivity index (χ1n) is 5.78. The van der Waals surface area contributed by atoms with Crippen LogP contribution in [0, 0.1) is 5.82 Å². The van der Waals surface area contributed by atoms with E-state index in [1.54, 1.807) is 6.07 Å². The lowest BCUT2D eigenvalue weighted by atomic mass is 10.0. The fraction of sp³-hybridized carbons (Fsp3) is 0.538. The van der Waals surface area contributed by atoms with Gasteiger partial charge in [0.25, 0.3) is 0 Å². The highest BCUT2D eigenvalue weighted by Crippen LogP contribution is 2.23. The molecular formula is C13H20FNO. The first-order chi connectivity index (χ1) is 7.69. The minimum absolute atomic E-state index is 0.0769. The van der Waals surface area contributed by atoms with E-state index in [4.69, 9.17) is 10.5 Å². The van der Waals surface area contributed by atoms with Crippen LogP contribution in [-0.4, -0.2) is 7.11 Å². The summed E-state index contributed by atoms with van der Waals surface area (Å²) in [6, 6.07) is 4.85. The van der Waals surface area contributed by atoms with Crippen molar-refractivity contribution in [2.24, 2.45) is 5.73 Å². The van der Waals surface area contributed by atoms with Crippen molar-refractivity contribution >= 4 is 0 Å². The molecule has 90 valence electrons. The number of ether oxygens (including phenoxy) is 1. The molecule has 0 amide bonds. The van der Waals surface area contributed by atoms with E-state index in [0.717, 1.165) is 18.4 Å². The molecule has 2 N–H and O–H groups in total. The molecule has 0 saturated heterocycles. The average molecular weight is 225 g/mol. The molecule has 1 aromatic carbocycles. The van der Waals surface area contributed by atoms with E-state index in [-0.39, 0.29) is 17.6 Å². The van der Waals surface area contributed by atoms with Crippen LogP contribution in [0.3, 0.4) is 0 Å². The second kappa shape index (κ2) is 6.48. The minimum atomic E-state index is -0.342. The summed E-state index contributed by atoms with van der Waals surface area (Å²) in [5.41, 5.74) is 6.83. The number of unbranched alkanes of at least 4 members (excludes halogenated alkanes) is 2. The Balaban J connectivity index is 2.62. The van der Waals surface area contributed by atoms with Gasteiger partial charge in [-0.2, -0.15) is 0 Å². The van der Waals surface area contributed by atoms with Gasteiger partial charge >= 0.3 is 0 Å². The van der Waals surface area contributed by atoms with Crippen molar-refractivity contribution in [3.63, 3.8) is 0 Å². The molecule has 0 spiro atoms. The molecule has 0 unspecified atom stereocenters. The zero-order valence-electron chi connectivity index (χ0n) is 10.0. The quantitative estimate of drug-likeness (QED) is 0.753. The summed E-state index contributed by atoms with van der Waals surface area (Å²) >= 11 is 0. The van der Waals surface area contributed by atoms with Crippen LogP contribution in [0.4, 0.5) is 4.39 Å². The molecule has 2 nitrogen and oxygen atoms in total. The molecule has 1 rings (SSSR count). The predicted molar refractivity (Wildman–Crippen MR) is 64.0 cm³/mol. The number of hydrogen-bond acceptors (Lipinski definition) is 2. The van der Waals surface area contributed by atoms with Gasteiger partial charge in [-0.05, 0) is 24.1 Å². The molecule has 0 aliphatic rings. The van der Waals surface area contributed by atoms with E-state index in [9.17, 15) is 4.39 Å². The Bertz CT molecular complexity index is 328. The fourth-order valence-electron chi connectivity index (χ4n) is 1.69. The standard InChI is InChI=1S/C13H20FNO/c1-3-4-5-6-12(15)10-7-8-13(16-2)11(14)9-10/h7-9,12H,3-6,15H2,1-2H3/t12-/m1/s1. The fourth-order valence-corrected chi connectivity index (χ4v) is 1.69. The highest BCUT2D eigenvalue weighted by atomic mass is 19.1. The SMILES string of the molecule is CCCCC[C@@H](N)c1ccc(OC)c(F)c1. The van der Waals surface area contributed by atoms with E-state index in [1.165, 1.54) is 26.0 Å². The lowest BCUT2D eigenvalue weighted by molar-refractivity contribution is 0.385. The molecule has 3 heteroatoms. The highest BCUT2D eigenvalue weighted by molar-refractivity contribution is 5.30. The Morgan fingerprint density at radius 3 is 2.69 bits per heavy atom. The van der Waals surface area contributed by atoms with Gasteiger partial charge in [0, 0.05) is 6.04 Å². The van der Waals surface area contributed by atoms with Crippen LogP contribution in [0.25, 0.3) is 0 Å². The molecule has 16 heavy (non-hydrogen) atoms. The van der Waals surface area contributed by atoms with E-state index in [2.05, 4.69) is 6.92 Å². The third kappa shape index (κ3) is 3.49. The van der Waals surface area contributed by atoms with Gasteiger partial charge in [-0.3, -0.25) is 0 Å². The maximum atomic E-state index is 13.4. The second-order valence-corrected chi connectivity index (χ2v) is 4.00. The Kier molecular flexibility index (Phi) is 5.26. The van der Waals surface area contributed by atoms with Crippen molar-refractivity contribution in [3.8, 4) is 5.75 Å². The molecule has 0 aliphatic heterocycles. The lowest BCUT2D eigenvalue weighted by Crippen LogP contribution is -2.10. The van der Waals surface area contributed by atoms with Crippen molar-refractivity contribution in [3.05, 3.63) is 29.6 Å². The molecule has 1 atom stereocenters. The lowest BCUT2D eigenvalue weighted by Gasteiger charge is -2.12. The van der Waals surface area contributed by atoms with Gasteiger partial charge in [0.15, 0.2) is 11.6 Å². The predicted octanol–water partition coefficient (Wildman–Crippen LogP) is 3.41. The number of halogens is 1. The number of benzene rings is 1. The molecule has 0 heterocycles. The van der Waals surface area contributed by atoms with Gasteiger partial charge in [-0.1, -0.05) is 32.3 Å². The van der Waals surface area contributed by atoms with Crippen LogP contribution in [-0.2, 0) is 0 Å². The molecular weight excluding hydrogens is 205 g/mol. The maximum absolute atomic E-state index is 13.4. The smallest absolute Gasteiger partial charge is 0.165 e. The van der Waals surface area contributed by atoms with Crippen molar-refractivity contribution < 1.29 is 9.13 Å². The summed E-state index contributed by atoms with van der Waals surface area (Å²) in [6.45, 7) is 2.15. The van der Waals surface area contributed by atoms with Crippen molar-refractivity contribution in [1.29, 1.82) is 0 Å². The summed E-state index contributed by atoms with van der Waals surface area (Å²) in [4.78, 5) is 0. The second-order valence-electron chi connectivity index (χ2n) is 4.00. The number of rotatable bonds is 6. The van der Waals surface area contributed by atoms with Gasteiger partial charge in [-0.15, -0.1) is 0 Å². The molecule has 0 aromatic heterocycles. The Morgan fingerprint density at radius 1 is 1.38 bits per heavy atom. The molecule has 1 aromatic rings. The van der Waals surface area contributed by atoms with Gasteiger partial charge in [0.2, 0.25) is 0 Å². The summed E-state index contributed by atoms with van der Waals surface area (Å²) in [6.07, 6.45) is 4.33. The van der Waals surface area contributed by atoms with Crippen molar-refractivity contribution in [1.82, 2.24) is 0 Å². The number of hydrogen-bond donors (Lipinski definition) is 1. The zero-order chi connectivity index (χ0) is 12.0. The number of methoxy groups -OCH3 is 1. The van der Waals surface area contributed by atoms with Crippen molar-refractivity contribution in [2.45, 2.75) is 38.6 Å². The van der Waals surface area contributed by atoms with Gasteiger partial charge in [0.1, 0.15) is 0 Å². The van der Waals surface area contributed by atoms with E-state index >= 15 is 0 Å². The Labute approximate surface area is 96.6 Å². The minimum Gasteiger partial charge on any atom is -0.494 e. The van der Waals surface area contributed by atoms with Gasteiger partial charge in [0.05, 0.1) is 7.11 Å². The van der Waals surface area contributed by atoms with Crippen LogP contribution in [0.15, 0.2) is 18.2 Å². The topological polar surface area (TPSA) is 35.2 Å². The Hall–Kier alpha value is -1.09. The first-order valence-corrected chi connectivity index (χ1v) is 5.78. The first kappa shape index (κ1) is 13.0. The van der Waals surface area contributed by atoms with Crippen LogP contribution < -0.4 is 10.5 Å². The van der Waals surface area contributed by atoms with Gasteiger partial charge < -0.3 is 10.5 Å². The summed E-state index contributed by atoms with van der Waals surface area (Å²) in [5.74, 6) is -0.0737. The monoisotopic (exact) mass is 225 g/mol. The van der Waals surface area contributed by atoms with Crippen LogP contribution in [0.5, 0.6) is 5.75 Å². The summed E-state index contributed by atoms with van der Waals surface area (Å²) in [7, 11) is 1.46. The molecule has 0 bridgehead atoms. The van der Waals surface area contributed by atoms with E-state index < -0.39 is 0 Å². The van der Waals surface area contributed by atoms with Crippen LogP contribution in [0.1, 0.15) is 44.2 Å². The Morgan fingerprint density at radius 2 is 2.12 bits per heavy atom. The zero-order valence-corrected chi connectivity index (χ0v) is 10.0. The van der Waals surface area contributed by atoms with Gasteiger partial charge in [-0.25, -0.2) is 4.39 Å². The number of nitrogens with two attached hydrogens (primary N) is 1. The largest absolute Gasteiger partial charge is 0.494 e. The molecule has 0 saturated carbocycles. The normalized spacial score (nSPS) is 12.5. The third-order valence-electron chi connectivity index (χ3n) is 2.72. The van der Waals surface area contributed by atoms with Crippen molar-refractivity contribution in [2.75, 3.05) is 7.11 Å². The van der Waals surface area contributed by atoms with Crippen LogP contribution >= 0.6 is 0 Å². The maximum Gasteiger partial charge on any atom is 0.165 e. The highest BCUT2D eigenvalue weighted by Gasteiger charge is 2.09. The molecule has 0 radical (unpaired) electrons.